The fourth-order valence-electron chi connectivity index (χ4n) is 0.697. The topological polar surface area (TPSA) is 63.3 Å². The second kappa shape index (κ2) is 6.27. The van der Waals surface area contributed by atoms with Crippen molar-refractivity contribution < 1.29 is 9.90 Å². The molecule has 0 radical (unpaired) electrons. The van der Waals surface area contributed by atoms with Crippen LogP contribution in [0.3, 0.4) is 0 Å². The van der Waals surface area contributed by atoms with E-state index < -0.39 is 12.0 Å². The number of hydrogen-bond donors (Lipinski definition) is 2. The molecule has 0 bridgehead atoms. The lowest BCUT2D eigenvalue weighted by Crippen LogP contribution is -2.30. The molecule has 0 aromatic rings. The minimum absolute atomic E-state index is 0.553. The van der Waals surface area contributed by atoms with Gasteiger partial charge in [-0.1, -0.05) is 20.8 Å². The third-order valence-electron chi connectivity index (χ3n) is 2.07. The molecular formula is C9H19NO2S. The monoisotopic (exact) mass is 205 g/mol. The average molecular weight is 205 g/mol. The molecule has 0 fully saturated rings. The van der Waals surface area contributed by atoms with E-state index in [4.69, 9.17) is 10.8 Å². The predicted molar refractivity (Wildman–Crippen MR) is 57.0 cm³/mol. The number of nitrogens with two attached hydrogens (primary N) is 1. The fraction of sp³-hybridized carbons (Fsp3) is 0.889. The predicted octanol–water partition coefficient (Wildman–Crippen LogP) is 1.57. The van der Waals surface area contributed by atoms with Gasteiger partial charge in [0.2, 0.25) is 0 Å². The van der Waals surface area contributed by atoms with E-state index in [1.54, 1.807) is 11.8 Å². The number of hydrogen-bond acceptors (Lipinski definition) is 3. The first-order valence-electron chi connectivity index (χ1n) is 4.55. The summed E-state index contributed by atoms with van der Waals surface area (Å²) in [4.78, 5) is 10.4. The number of rotatable bonds is 6. The quantitative estimate of drug-likeness (QED) is 0.691. The van der Waals surface area contributed by atoms with Crippen molar-refractivity contribution in [2.75, 3.05) is 5.75 Å². The van der Waals surface area contributed by atoms with E-state index in [0.717, 1.165) is 5.75 Å². The summed E-state index contributed by atoms with van der Waals surface area (Å²) in [6.45, 7) is 6.48. The van der Waals surface area contributed by atoms with Gasteiger partial charge >= 0.3 is 5.97 Å². The fourth-order valence-corrected chi connectivity index (χ4v) is 1.84. The Bertz CT molecular complexity index is 162. The Morgan fingerprint density at radius 2 is 2.00 bits per heavy atom. The molecule has 0 aromatic heterocycles. The Morgan fingerprint density at radius 3 is 2.38 bits per heavy atom. The number of thioether (sulfide) groups is 1. The maximum atomic E-state index is 10.4. The zero-order valence-electron chi connectivity index (χ0n) is 8.49. The van der Waals surface area contributed by atoms with Crippen LogP contribution in [0, 0.1) is 5.92 Å². The van der Waals surface area contributed by atoms with Gasteiger partial charge in [-0.3, -0.25) is 4.79 Å². The van der Waals surface area contributed by atoms with Crippen LogP contribution in [0.1, 0.15) is 27.2 Å². The molecule has 0 saturated heterocycles. The Balaban J connectivity index is 3.50. The number of carboxylic acids is 1. The summed E-state index contributed by atoms with van der Waals surface area (Å²) in [5.74, 6) is 0.552. The number of carboxylic acid groups (broad SMARTS) is 1. The first kappa shape index (κ1) is 12.8. The summed E-state index contributed by atoms with van der Waals surface area (Å²) in [5, 5.41) is 9.09. The largest absolute Gasteiger partial charge is 0.480 e. The average Bonchev–Trinajstić information content (AvgIpc) is 2.03. The molecule has 2 unspecified atom stereocenters. The van der Waals surface area contributed by atoms with Crippen LogP contribution < -0.4 is 5.73 Å². The van der Waals surface area contributed by atoms with Crippen molar-refractivity contribution in [2.24, 2.45) is 11.7 Å². The minimum atomic E-state index is -0.905. The van der Waals surface area contributed by atoms with Gasteiger partial charge in [-0.15, -0.1) is 0 Å². The van der Waals surface area contributed by atoms with Gasteiger partial charge < -0.3 is 10.8 Å². The zero-order valence-corrected chi connectivity index (χ0v) is 9.30. The maximum Gasteiger partial charge on any atom is 0.320 e. The first-order valence-corrected chi connectivity index (χ1v) is 5.60. The summed E-state index contributed by atoms with van der Waals surface area (Å²) < 4.78 is 0. The Morgan fingerprint density at radius 1 is 1.46 bits per heavy atom. The van der Waals surface area contributed by atoms with Crippen molar-refractivity contribution in [1.82, 2.24) is 0 Å². The van der Waals surface area contributed by atoms with E-state index in [-0.39, 0.29) is 0 Å². The summed E-state index contributed by atoms with van der Waals surface area (Å²) >= 11 is 1.79. The maximum absolute atomic E-state index is 10.4. The van der Waals surface area contributed by atoms with Crippen LogP contribution in [-0.4, -0.2) is 28.1 Å². The second-order valence-electron chi connectivity index (χ2n) is 3.55. The summed E-state index contributed by atoms with van der Waals surface area (Å²) in [5.41, 5.74) is 5.37. The van der Waals surface area contributed by atoms with Gasteiger partial charge in [-0.25, -0.2) is 0 Å². The van der Waals surface area contributed by atoms with Crippen molar-refractivity contribution >= 4 is 17.7 Å². The molecule has 0 spiro atoms. The van der Waals surface area contributed by atoms with E-state index >= 15 is 0 Å². The molecule has 0 aliphatic heterocycles. The molecule has 78 valence electrons. The highest BCUT2D eigenvalue weighted by Crippen LogP contribution is 2.19. The Labute approximate surface area is 84.1 Å². The van der Waals surface area contributed by atoms with Crippen LogP contribution >= 0.6 is 11.8 Å². The molecular weight excluding hydrogens is 186 g/mol. The van der Waals surface area contributed by atoms with E-state index in [1.807, 2.05) is 0 Å². The normalized spacial score (nSPS) is 15.8. The van der Waals surface area contributed by atoms with E-state index in [2.05, 4.69) is 20.8 Å². The summed E-state index contributed by atoms with van der Waals surface area (Å²) in [7, 11) is 0. The van der Waals surface area contributed by atoms with Gasteiger partial charge in [0.05, 0.1) is 0 Å². The molecule has 3 nitrogen and oxygen atoms in total. The van der Waals surface area contributed by atoms with E-state index in [9.17, 15) is 4.79 Å². The van der Waals surface area contributed by atoms with Crippen molar-refractivity contribution in [3.05, 3.63) is 0 Å². The van der Waals surface area contributed by atoms with E-state index in [1.165, 1.54) is 0 Å². The number of carbonyl (C=O) groups is 1. The third kappa shape index (κ3) is 5.93. The number of aliphatic carboxylic acids is 1. The lowest BCUT2D eigenvalue weighted by molar-refractivity contribution is -0.138. The lowest BCUT2D eigenvalue weighted by Gasteiger charge is -2.15. The molecule has 4 heteroatoms. The Kier molecular flexibility index (Phi) is 6.16. The van der Waals surface area contributed by atoms with Crippen molar-refractivity contribution in [1.29, 1.82) is 0 Å². The van der Waals surface area contributed by atoms with Gasteiger partial charge in [0.25, 0.3) is 0 Å². The van der Waals surface area contributed by atoms with Crippen LogP contribution in [0.15, 0.2) is 0 Å². The molecule has 0 aliphatic rings. The van der Waals surface area contributed by atoms with Gasteiger partial charge in [-0.2, -0.15) is 11.8 Å². The molecule has 0 aromatic carbocycles. The molecule has 0 saturated carbocycles. The van der Waals surface area contributed by atoms with Gasteiger partial charge in [0.1, 0.15) is 6.04 Å². The summed E-state index contributed by atoms with van der Waals surface area (Å²) in [6.07, 6.45) is 0.553. The molecule has 0 aliphatic carbocycles. The zero-order chi connectivity index (χ0) is 10.4. The van der Waals surface area contributed by atoms with Crippen molar-refractivity contribution in [2.45, 2.75) is 38.5 Å². The van der Waals surface area contributed by atoms with Crippen LogP contribution in [0.5, 0.6) is 0 Å². The van der Waals surface area contributed by atoms with Gasteiger partial charge in [0.15, 0.2) is 0 Å². The molecule has 13 heavy (non-hydrogen) atoms. The van der Waals surface area contributed by atoms with Crippen molar-refractivity contribution in [3.8, 4) is 0 Å². The summed E-state index contributed by atoms with van der Waals surface area (Å²) in [6, 6.07) is -0.702. The molecule has 0 heterocycles. The minimum Gasteiger partial charge on any atom is -0.480 e. The van der Waals surface area contributed by atoms with Crippen LogP contribution in [0.2, 0.25) is 0 Å². The smallest absolute Gasteiger partial charge is 0.320 e. The van der Waals surface area contributed by atoms with E-state index in [0.29, 0.717) is 17.6 Å². The highest BCUT2D eigenvalue weighted by atomic mass is 32.2. The second-order valence-corrected chi connectivity index (χ2v) is 5.04. The molecule has 0 rings (SSSR count). The van der Waals surface area contributed by atoms with Gasteiger partial charge in [-0.05, 0) is 18.1 Å². The van der Waals surface area contributed by atoms with Gasteiger partial charge in [0, 0.05) is 5.25 Å². The molecule has 3 N–H and O–H groups in total. The third-order valence-corrected chi connectivity index (χ3v) is 3.61. The molecule has 0 amide bonds. The Hall–Kier alpha value is -0.220. The highest BCUT2D eigenvalue weighted by molar-refractivity contribution is 7.99. The highest BCUT2D eigenvalue weighted by Gasteiger charge is 2.12. The van der Waals surface area contributed by atoms with Crippen LogP contribution in [0.25, 0.3) is 0 Å². The van der Waals surface area contributed by atoms with Crippen LogP contribution in [-0.2, 0) is 4.79 Å². The van der Waals surface area contributed by atoms with Crippen LogP contribution in [0.4, 0.5) is 0 Å². The lowest BCUT2D eigenvalue weighted by atomic mass is 10.2. The van der Waals surface area contributed by atoms with Crippen molar-refractivity contribution in [3.63, 3.8) is 0 Å². The SMILES string of the molecule is CC(C)C(C)SCCC(N)C(=O)O. The first-order chi connectivity index (χ1) is 5.95. The standard InChI is InChI=1S/C9H19NO2S/c1-6(2)7(3)13-5-4-8(10)9(11)12/h6-8H,4-5,10H2,1-3H3,(H,11,12). The molecule has 2 atom stereocenters.